The van der Waals surface area contributed by atoms with Gasteiger partial charge in [0.15, 0.2) is 16.6 Å². The Morgan fingerprint density at radius 2 is 2.00 bits per heavy atom. The molecule has 0 atom stereocenters. The van der Waals surface area contributed by atoms with E-state index in [0.717, 1.165) is 17.7 Å². The average molecular weight is 445 g/mol. The number of nitrogens with zero attached hydrogens (tertiary/aromatic N) is 3. The second-order valence-electron chi connectivity index (χ2n) is 6.85. The minimum atomic E-state index is 0.0527. The van der Waals surface area contributed by atoms with Gasteiger partial charge in [-0.3, -0.25) is 4.79 Å². The number of ether oxygens (including phenoxy) is 2. The summed E-state index contributed by atoms with van der Waals surface area (Å²) >= 11 is 7.29. The Morgan fingerprint density at radius 1 is 1.23 bits per heavy atom. The van der Waals surface area contributed by atoms with E-state index in [1.807, 2.05) is 22.4 Å². The summed E-state index contributed by atoms with van der Waals surface area (Å²) in [4.78, 5) is 23.4. The van der Waals surface area contributed by atoms with Gasteiger partial charge in [0.2, 0.25) is 5.91 Å². The molecular formula is C21H21ClN4O3S. The summed E-state index contributed by atoms with van der Waals surface area (Å²) in [6, 6.07) is 7.49. The fourth-order valence-corrected chi connectivity index (χ4v) is 4.20. The molecule has 9 heteroatoms. The van der Waals surface area contributed by atoms with Gasteiger partial charge in [-0.05, 0) is 41.8 Å². The standard InChI is InChI=1S/C21H21ClN4O3S/c1-28-17-7-13-5-6-26(11-14(13)8-18(17)29-2)20(27)9-16-12-30-21(24-16)25-19-4-3-15(22)10-23-19/h3-4,7-8,10,12H,5-6,9,11H2,1-2H3,(H,23,24,25). The highest BCUT2D eigenvalue weighted by Gasteiger charge is 2.23. The molecule has 0 unspecified atom stereocenters. The van der Waals surface area contributed by atoms with Crippen LogP contribution in [0.15, 0.2) is 35.8 Å². The molecule has 0 fully saturated rings. The summed E-state index contributed by atoms with van der Waals surface area (Å²) < 4.78 is 10.8. The topological polar surface area (TPSA) is 76.6 Å². The Hall–Kier alpha value is -2.84. The highest BCUT2D eigenvalue weighted by Crippen LogP contribution is 2.33. The molecule has 7 nitrogen and oxygen atoms in total. The van der Waals surface area contributed by atoms with Crippen molar-refractivity contribution in [1.29, 1.82) is 0 Å². The Balaban J connectivity index is 1.40. The third kappa shape index (κ3) is 4.49. The van der Waals surface area contributed by atoms with E-state index < -0.39 is 0 Å². The van der Waals surface area contributed by atoms with Crippen LogP contribution >= 0.6 is 22.9 Å². The molecule has 0 spiro atoms. The van der Waals surface area contributed by atoms with Crippen molar-refractivity contribution >= 4 is 39.8 Å². The summed E-state index contributed by atoms with van der Waals surface area (Å²) in [6.07, 6.45) is 2.61. The fraction of sp³-hybridized carbons (Fsp3) is 0.286. The number of carbonyl (C=O) groups is 1. The molecule has 1 amide bonds. The number of amides is 1. The second-order valence-corrected chi connectivity index (χ2v) is 8.14. The Labute approximate surface area is 183 Å². The van der Waals surface area contributed by atoms with Gasteiger partial charge in [-0.15, -0.1) is 11.3 Å². The molecule has 3 aromatic rings. The van der Waals surface area contributed by atoms with Crippen molar-refractivity contribution < 1.29 is 14.3 Å². The molecule has 0 radical (unpaired) electrons. The van der Waals surface area contributed by atoms with E-state index in [1.165, 1.54) is 16.9 Å². The first-order valence-electron chi connectivity index (χ1n) is 9.40. The van der Waals surface area contributed by atoms with Crippen LogP contribution in [0.25, 0.3) is 0 Å². The number of benzene rings is 1. The van der Waals surface area contributed by atoms with Crippen molar-refractivity contribution in [2.45, 2.75) is 19.4 Å². The molecule has 0 saturated carbocycles. The van der Waals surface area contributed by atoms with Gasteiger partial charge in [-0.25, -0.2) is 9.97 Å². The molecule has 1 aromatic carbocycles. The molecule has 1 aliphatic rings. The SMILES string of the molecule is COc1cc2c(cc1OC)CN(C(=O)Cc1csc(Nc3ccc(Cl)cn3)n1)CC2. The summed E-state index contributed by atoms with van der Waals surface area (Å²) in [6.45, 7) is 1.23. The van der Waals surface area contributed by atoms with Gasteiger partial charge in [-0.2, -0.15) is 0 Å². The van der Waals surface area contributed by atoms with Gasteiger partial charge in [0.05, 0.1) is 31.4 Å². The van der Waals surface area contributed by atoms with Crippen LogP contribution < -0.4 is 14.8 Å². The lowest BCUT2D eigenvalue weighted by Crippen LogP contribution is -2.37. The van der Waals surface area contributed by atoms with Crippen molar-refractivity contribution in [2.24, 2.45) is 0 Å². The number of aromatic nitrogens is 2. The van der Waals surface area contributed by atoms with E-state index in [9.17, 15) is 4.79 Å². The van der Waals surface area contributed by atoms with Crippen LogP contribution in [0.5, 0.6) is 11.5 Å². The number of anilines is 2. The van der Waals surface area contributed by atoms with E-state index in [0.29, 0.717) is 40.6 Å². The Morgan fingerprint density at radius 3 is 2.70 bits per heavy atom. The number of thiazole rings is 1. The third-order valence-corrected chi connectivity index (χ3v) is 5.95. The maximum absolute atomic E-state index is 12.8. The number of hydrogen-bond acceptors (Lipinski definition) is 7. The van der Waals surface area contributed by atoms with Crippen LogP contribution in [0.2, 0.25) is 5.02 Å². The summed E-state index contributed by atoms with van der Waals surface area (Å²) in [5.41, 5.74) is 3.01. The Bertz CT molecular complexity index is 1050. The second kappa shape index (κ2) is 8.89. The predicted molar refractivity (Wildman–Crippen MR) is 117 cm³/mol. The molecule has 2 aromatic heterocycles. The van der Waals surface area contributed by atoms with E-state index in [2.05, 4.69) is 15.3 Å². The monoisotopic (exact) mass is 444 g/mol. The van der Waals surface area contributed by atoms with E-state index in [1.54, 1.807) is 32.5 Å². The number of methoxy groups -OCH3 is 2. The zero-order chi connectivity index (χ0) is 21.1. The minimum absolute atomic E-state index is 0.0527. The van der Waals surface area contributed by atoms with Gasteiger partial charge in [0.25, 0.3) is 0 Å². The maximum atomic E-state index is 12.8. The van der Waals surface area contributed by atoms with Crippen molar-refractivity contribution in [3.63, 3.8) is 0 Å². The summed E-state index contributed by atoms with van der Waals surface area (Å²) in [7, 11) is 3.24. The molecule has 30 heavy (non-hydrogen) atoms. The van der Waals surface area contributed by atoms with Crippen LogP contribution in [0.4, 0.5) is 10.9 Å². The highest BCUT2D eigenvalue weighted by atomic mass is 35.5. The number of fused-ring (bicyclic) bond motifs is 1. The van der Waals surface area contributed by atoms with Crippen molar-refractivity contribution in [3.8, 4) is 11.5 Å². The first-order chi connectivity index (χ1) is 14.6. The van der Waals surface area contributed by atoms with Crippen LogP contribution in [0.1, 0.15) is 16.8 Å². The number of pyridine rings is 1. The molecule has 1 aliphatic heterocycles. The van der Waals surface area contributed by atoms with Gasteiger partial charge in [0.1, 0.15) is 5.82 Å². The zero-order valence-corrected chi connectivity index (χ0v) is 18.2. The molecule has 0 bridgehead atoms. The maximum Gasteiger partial charge on any atom is 0.228 e. The van der Waals surface area contributed by atoms with Crippen LogP contribution in [0.3, 0.4) is 0 Å². The number of carbonyl (C=O) groups excluding carboxylic acids is 1. The van der Waals surface area contributed by atoms with Crippen molar-refractivity contribution in [3.05, 3.63) is 57.7 Å². The van der Waals surface area contributed by atoms with Gasteiger partial charge in [-0.1, -0.05) is 11.6 Å². The normalized spacial score (nSPS) is 13.0. The molecule has 1 N–H and O–H groups in total. The average Bonchev–Trinajstić information content (AvgIpc) is 3.20. The number of nitrogens with one attached hydrogen (secondary N) is 1. The lowest BCUT2D eigenvalue weighted by atomic mass is 9.98. The largest absolute Gasteiger partial charge is 0.493 e. The van der Waals surface area contributed by atoms with Crippen LogP contribution in [-0.4, -0.2) is 41.5 Å². The summed E-state index contributed by atoms with van der Waals surface area (Å²) in [5, 5.41) is 6.28. The first-order valence-corrected chi connectivity index (χ1v) is 10.7. The number of rotatable bonds is 6. The third-order valence-electron chi connectivity index (χ3n) is 4.92. The minimum Gasteiger partial charge on any atom is -0.493 e. The molecule has 156 valence electrons. The van der Waals surface area contributed by atoms with Gasteiger partial charge >= 0.3 is 0 Å². The quantitative estimate of drug-likeness (QED) is 0.617. The fourth-order valence-electron chi connectivity index (χ4n) is 3.37. The smallest absolute Gasteiger partial charge is 0.228 e. The van der Waals surface area contributed by atoms with Crippen molar-refractivity contribution in [1.82, 2.24) is 14.9 Å². The molecule has 0 saturated heterocycles. The first kappa shape index (κ1) is 20.4. The van der Waals surface area contributed by atoms with Crippen LogP contribution in [0, 0.1) is 0 Å². The molecule has 3 heterocycles. The number of hydrogen-bond donors (Lipinski definition) is 1. The zero-order valence-electron chi connectivity index (χ0n) is 16.6. The lowest BCUT2D eigenvalue weighted by Gasteiger charge is -2.29. The van der Waals surface area contributed by atoms with E-state index in [4.69, 9.17) is 21.1 Å². The molecular weight excluding hydrogens is 424 g/mol. The lowest BCUT2D eigenvalue weighted by molar-refractivity contribution is -0.131. The predicted octanol–water partition coefficient (Wildman–Crippen LogP) is 4.08. The van der Waals surface area contributed by atoms with Crippen molar-refractivity contribution in [2.75, 3.05) is 26.1 Å². The Kier molecular flexibility index (Phi) is 6.06. The van der Waals surface area contributed by atoms with Crippen LogP contribution in [-0.2, 0) is 24.2 Å². The van der Waals surface area contributed by atoms with Gasteiger partial charge < -0.3 is 19.7 Å². The van der Waals surface area contributed by atoms with E-state index in [-0.39, 0.29) is 12.3 Å². The van der Waals surface area contributed by atoms with Gasteiger partial charge in [0, 0.05) is 24.7 Å². The number of halogens is 1. The molecule has 4 rings (SSSR count). The van der Waals surface area contributed by atoms with E-state index >= 15 is 0 Å². The summed E-state index contributed by atoms with van der Waals surface area (Å²) in [5.74, 6) is 2.10. The molecule has 0 aliphatic carbocycles. The highest BCUT2D eigenvalue weighted by molar-refractivity contribution is 7.13.